The van der Waals surface area contributed by atoms with E-state index in [0.717, 1.165) is 29.5 Å². The number of anilines is 1. The van der Waals surface area contributed by atoms with Gasteiger partial charge in [-0.05, 0) is 60.5 Å². The molecule has 0 radical (unpaired) electrons. The first-order valence-electron chi connectivity index (χ1n) is 13.1. The van der Waals surface area contributed by atoms with Crippen LogP contribution in [0.5, 0.6) is 0 Å². The summed E-state index contributed by atoms with van der Waals surface area (Å²) < 4.78 is 50.1. The van der Waals surface area contributed by atoms with Gasteiger partial charge in [0, 0.05) is 23.9 Å². The minimum Gasteiger partial charge on any atom is -0.416 e. The summed E-state index contributed by atoms with van der Waals surface area (Å²) >= 11 is 6.57. The molecule has 1 amide bonds. The standard InChI is InChI=1S/C29H26ClF3N4O5/c30-23-6-5-22-21(10-11-34-16-28(22)41-24(38)7-8-25(39)42-28)26(23)36-14-17-1-3-18(4-2-17)27(40)37-15-20-13-19(9-12-35-20)29(31,32)33/h1-6,9,12-13,34,36H,7-8,10-11,14-16H2,(H,37,40). The van der Waals surface area contributed by atoms with Crippen molar-refractivity contribution in [2.45, 2.75) is 44.3 Å². The Bertz CT molecular complexity index is 1500. The molecular weight excluding hydrogens is 577 g/mol. The van der Waals surface area contributed by atoms with Crippen LogP contribution in [0.4, 0.5) is 18.9 Å². The third kappa shape index (κ3) is 6.50. The van der Waals surface area contributed by atoms with Crippen molar-refractivity contribution in [1.29, 1.82) is 0 Å². The molecule has 3 heterocycles. The molecule has 5 rings (SSSR count). The molecule has 1 spiro atoms. The second-order valence-corrected chi connectivity index (χ2v) is 10.3. The number of halogens is 4. The van der Waals surface area contributed by atoms with Gasteiger partial charge in [-0.2, -0.15) is 13.2 Å². The Kier molecular flexibility index (Phi) is 8.37. The van der Waals surface area contributed by atoms with E-state index < -0.39 is 35.4 Å². The predicted molar refractivity (Wildman–Crippen MR) is 145 cm³/mol. The van der Waals surface area contributed by atoms with E-state index in [4.69, 9.17) is 21.1 Å². The van der Waals surface area contributed by atoms with Gasteiger partial charge in [-0.1, -0.05) is 23.7 Å². The molecule has 9 nitrogen and oxygen atoms in total. The summed E-state index contributed by atoms with van der Waals surface area (Å²) in [5, 5.41) is 9.50. The molecule has 0 bridgehead atoms. The summed E-state index contributed by atoms with van der Waals surface area (Å²) in [5.74, 6) is -3.13. The van der Waals surface area contributed by atoms with Gasteiger partial charge in [-0.25, -0.2) is 0 Å². The number of nitrogens with zero attached hydrogens (tertiary/aromatic N) is 1. The largest absolute Gasteiger partial charge is 0.416 e. The second kappa shape index (κ2) is 12.0. The molecule has 13 heteroatoms. The highest BCUT2D eigenvalue weighted by Gasteiger charge is 2.46. The number of benzene rings is 2. The molecule has 2 aliphatic rings. The zero-order valence-electron chi connectivity index (χ0n) is 22.1. The monoisotopic (exact) mass is 602 g/mol. The fourth-order valence-electron chi connectivity index (χ4n) is 4.85. The van der Waals surface area contributed by atoms with Crippen LogP contribution in [0.15, 0.2) is 54.7 Å². The molecule has 3 aromatic rings. The maximum absolute atomic E-state index is 12.9. The molecule has 2 aromatic carbocycles. The van der Waals surface area contributed by atoms with Crippen LogP contribution < -0.4 is 16.0 Å². The number of alkyl halides is 3. The first-order valence-corrected chi connectivity index (χ1v) is 13.5. The van der Waals surface area contributed by atoms with Gasteiger partial charge < -0.3 is 25.4 Å². The molecule has 1 fully saturated rings. The number of hydrogen-bond acceptors (Lipinski definition) is 8. The maximum atomic E-state index is 12.9. The van der Waals surface area contributed by atoms with Crippen molar-refractivity contribution >= 4 is 35.1 Å². The molecule has 220 valence electrons. The number of carbonyl (C=O) groups excluding carboxylic acids is 3. The molecule has 1 saturated heterocycles. The number of fused-ring (bicyclic) bond motifs is 2. The third-order valence-corrected chi connectivity index (χ3v) is 7.25. The fraction of sp³-hybridized carbons (Fsp3) is 0.310. The van der Waals surface area contributed by atoms with E-state index in [2.05, 4.69) is 20.9 Å². The average Bonchev–Trinajstić information content (AvgIpc) is 3.22. The number of aromatic nitrogens is 1. The number of nitrogens with one attached hydrogen (secondary N) is 3. The Morgan fingerprint density at radius 2 is 1.71 bits per heavy atom. The normalized spacial score (nSPS) is 16.5. The lowest BCUT2D eigenvalue weighted by molar-refractivity contribution is -0.225. The van der Waals surface area contributed by atoms with Crippen molar-refractivity contribution in [2.24, 2.45) is 0 Å². The van der Waals surface area contributed by atoms with Crippen molar-refractivity contribution in [3.63, 3.8) is 0 Å². The number of esters is 2. The first kappa shape index (κ1) is 29.3. The van der Waals surface area contributed by atoms with Crippen LogP contribution in [-0.4, -0.2) is 35.9 Å². The lowest BCUT2D eigenvalue weighted by Gasteiger charge is -2.32. The Balaban J connectivity index is 1.28. The smallest absolute Gasteiger partial charge is 0.416 e. The van der Waals surface area contributed by atoms with Crippen LogP contribution in [0, 0.1) is 0 Å². The molecular formula is C29H26ClF3N4O5. The van der Waals surface area contributed by atoms with Crippen molar-refractivity contribution in [3.8, 4) is 0 Å². The van der Waals surface area contributed by atoms with Gasteiger partial charge in [0.1, 0.15) is 0 Å². The Hall–Kier alpha value is -4.16. The molecule has 3 N–H and O–H groups in total. The molecule has 1 aromatic heterocycles. The summed E-state index contributed by atoms with van der Waals surface area (Å²) in [4.78, 5) is 41.1. The van der Waals surface area contributed by atoms with Gasteiger partial charge in [0.2, 0.25) is 0 Å². The Morgan fingerprint density at radius 3 is 2.40 bits per heavy atom. The molecule has 0 saturated carbocycles. The van der Waals surface area contributed by atoms with E-state index in [0.29, 0.717) is 41.3 Å². The predicted octanol–water partition coefficient (Wildman–Crippen LogP) is 4.47. The van der Waals surface area contributed by atoms with Crippen molar-refractivity contribution < 1.29 is 37.0 Å². The topological polar surface area (TPSA) is 119 Å². The van der Waals surface area contributed by atoms with E-state index >= 15 is 0 Å². The molecule has 0 aliphatic carbocycles. The molecule has 0 unspecified atom stereocenters. The summed E-state index contributed by atoms with van der Waals surface area (Å²) in [6, 6.07) is 11.8. The average molecular weight is 603 g/mol. The molecule has 0 atom stereocenters. The van der Waals surface area contributed by atoms with E-state index in [-0.39, 0.29) is 31.6 Å². The zero-order valence-corrected chi connectivity index (χ0v) is 22.9. The van der Waals surface area contributed by atoms with Crippen LogP contribution in [-0.2, 0) is 50.5 Å². The van der Waals surface area contributed by atoms with Crippen LogP contribution in [0.3, 0.4) is 0 Å². The number of pyridine rings is 1. The third-order valence-electron chi connectivity index (χ3n) is 6.93. The summed E-state index contributed by atoms with van der Waals surface area (Å²) in [5.41, 5.74) is 2.26. The number of rotatable bonds is 6. The summed E-state index contributed by atoms with van der Waals surface area (Å²) in [6.07, 6.45) is -3.05. The van der Waals surface area contributed by atoms with Crippen molar-refractivity contribution in [2.75, 3.05) is 18.4 Å². The number of carbonyl (C=O) groups is 3. The van der Waals surface area contributed by atoms with Crippen LogP contribution in [0.25, 0.3) is 0 Å². The highest BCUT2D eigenvalue weighted by molar-refractivity contribution is 6.33. The van der Waals surface area contributed by atoms with E-state index in [1.165, 1.54) is 0 Å². The quantitative estimate of drug-likeness (QED) is 0.354. The van der Waals surface area contributed by atoms with E-state index in [1.54, 1.807) is 36.4 Å². The fourth-order valence-corrected chi connectivity index (χ4v) is 5.10. The van der Waals surface area contributed by atoms with Crippen molar-refractivity contribution in [3.05, 3.63) is 93.3 Å². The molecule has 42 heavy (non-hydrogen) atoms. The first-order chi connectivity index (χ1) is 20.0. The Labute approximate surface area is 243 Å². The van der Waals surface area contributed by atoms with Gasteiger partial charge in [0.25, 0.3) is 11.7 Å². The minimum atomic E-state index is -4.50. The summed E-state index contributed by atoms with van der Waals surface area (Å²) in [7, 11) is 0. The van der Waals surface area contributed by atoms with Gasteiger partial charge in [-0.15, -0.1) is 0 Å². The number of ether oxygens (including phenoxy) is 2. The zero-order chi connectivity index (χ0) is 29.9. The van der Waals surface area contributed by atoms with Gasteiger partial charge >= 0.3 is 18.1 Å². The van der Waals surface area contributed by atoms with E-state index in [1.807, 2.05) is 0 Å². The number of amides is 1. The van der Waals surface area contributed by atoms with Gasteiger partial charge in [0.05, 0.1) is 47.9 Å². The van der Waals surface area contributed by atoms with Crippen molar-refractivity contribution in [1.82, 2.24) is 15.6 Å². The lowest BCUT2D eigenvalue weighted by atomic mass is 9.96. The van der Waals surface area contributed by atoms with Crippen LogP contribution in [0.1, 0.15) is 51.1 Å². The highest BCUT2D eigenvalue weighted by atomic mass is 35.5. The SMILES string of the molecule is O=C1CCC(=O)OC2(CNCCc3c2ccc(Cl)c3NCc2ccc(C(=O)NCc3cc(C(F)(F)F)ccn3)cc2)O1. The highest BCUT2D eigenvalue weighted by Crippen LogP contribution is 2.40. The summed E-state index contributed by atoms with van der Waals surface area (Å²) in [6.45, 7) is 0.793. The van der Waals surface area contributed by atoms with Crippen LogP contribution in [0.2, 0.25) is 5.02 Å². The second-order valence-electron chi connectivity index (χ2n) is 9.84. The van der Waals surface area contributed by atoms with Gasteiger partial charge in [0.15, 0.2) is 0 Å². The van der Waals surface area contributed by atoms with E-state index in [9.17, 15) is 27.6 Å². The number of hydrogen-bond donors (Lipinski definition) is 3. The maximum Gasteiger partial charge on any atom is 0.416 e. The Morgan fingerprint density at radius 1 is 1.00 bits per heavy atom. The molecule has 2 aliphatic heterocycles. The van der Waals surface area contributed by atoms with Gasteiger partial charge in [-0.3, -0.25) is 19.4 Å². The minimum absolute atomic E-state index is 0.0647. The van der Waals surface area contributed by atoms with Crippen LogP contribution >= 0.6 is 11.6 Å². The lowest BCUT2D eigenvalue weighted by Crippen LogP contribution is -2.43.